The molecule has 5 aliphatic rings. The lowest BCUT2D eigenvalue weighted by atomic mass is 9.41. The number of ether oxygens (including phenoxy) is 1. The molecule has 212 valence electrons. The van der Waals surface area contributed by atoms with Gasteiger partial charge in [-0.1, -0.05) is 34.1 Å². The molecule has 37 heavy (non-hydrogen) atoms. The number of aliphatic hydroxyl groups is 3. The van der Waals surface area contributed by atoms with E-state index in [1.54, 1.807) is 4.90 Å². The summed E-state index contributed by atoms with van der Waals surface area (Å²) in [5.74, 6) is 3.34. The number of hydrogen-bond acceptors (Lipinski definition) is 5. The van der Waals surface area contributed by atoms with Gasteiger partial charge in [-0.05, 0) is 116 Å². The number of rotatable bonds is 5. The fourth-order valence-electron chi connectivity index (χ4n) is 10.6. The zero-order valence-electron chi connectivity index (χ0n) is 23.8. The number of fused-ring (bicyclic) bond motifs is 5. The highest BCUT2D eigenvalue weighted by Crippen LogP contribution is 2.69. The molecule has 4 saturated carbocycles. The summed E-state index contributed by atoms with van der Waals surface area (Å²) in [7, 11) is 0. The van der Waals surface area contributed by atoms with Crippen LogP contribution < -0.4 is 0 Å². The number of carbonyl (C=O) groups is 1. The van der Waals surface area contributed by atoms with Gasteiger partial charge < -0.3 is 25.0 Å². The average molecular weight is 520 g/mol. The topological polar surface area (TPSA) is 90.2 Å². The lowest BCUT2D eigenvalue weighted by molar-refractivity contribution is -0.203. The van der Waals surface area contributed by atoms with Crippen LogP contribution in [0.5, 0.6) is 0 Å². The first-order valence-corrected chi connectivity index (χ1v) is 15.6. The maximum atomic E-state index is 12.5. The van der Waals surface area contributed by atoms with Crippen molar-refractivity contribution in [1.82, 2.24) is 4.90 Å². The van der Waals surface area contributed by atoms with E-state index in [0.29, 0.717) is 74.0 Å². The van der Waals surface area contributed by atoms with Crippen LogP contribution in [0.25, 0.3) is 0 Å². The molecule has 1 aliphatic heterocycles. The standard InChI is InChI=1S/C31H53NO5/c1-5-22-26-18-21(34)8-13-31(26,4)25-9-14-30(3)23(6-7-24(30)27(25)28(22)35)19(2)12-17-37-29(36)32-15-10-20(33)11-16-32/h19-28,33-35H,5-18H2,1-4H3/t19-,21-,22-,23-,24+,25+,26?,27+,28-,30?,31-/m1/s1. The van der Waals surface area contributed by atoms with Crippen molar-refractivity contribution in [3.8, 4) is 0 Å². The Morgan fingerprint density at radius 2 is 1.59 bits per heavy atom. The van der Waals surface area contributed by atoms with Crippen LogP contribution in [0.2, 0.25) is 0 Å². The van der Waals surface area contributed by atoms with Crippen molar-refractivity contribution < 1.29 is 24.9 Å². The number of hydrogen-bond donors (Lipinski definition) is 3. The van der Waals surface area contributed by atoms with Gasteiger partial charge in [-0.3, -0.25) is 0 Å². The lowest BCUT2D eigenvalue weighted by Crippen LogP contribution is -2.62. The monoisotopic (exact) mass is 519 g/mol. The summed E-state index contributed by atoms with van der Waals surface area (Å²) in [4.78, 5) is 14.2. The maximum absolute atomic E-state index is 12.5. The molecule has 0 aromatic heterocycles. The van der Waals surface area contributed by atoms with Crippen molar-refractivity contribution in [3.05, 3.63) is 0 Å². The molecular weight excluding hydrogens is 466 g/mol. The van der Waals surface area contributed by atoms with Gasteiger partial charge in [0.2, 0.25) is 0 Å². The van der Waals surface area contributed by atoms with E-state index >= 15 is 0 Å². The smallest absolute Gasteiger partial charge is 0.409 e. The van der Waals surface area contributed by atoms with Crippen molar-refractivity contribution in [3.63, 3.8) is 0 Å². The van der Waals surface area contributed by atoms with Crippen LogP contribution in [-0.4, -0.2) is 64.3 Å². The Morgan fingerprint density at radius 3 is 2.30 bits per heavy atom. The number of likely N-dealkylation sites (tertiary alicyclic amines) is 1. The third kappa shape index (κ3) is 4.75. The van der Waals surface area contributed by atoms with Gasteiger partial charge >= 0.3 is 6.09 Å². The zero-order chi connectivity index (χ0) is 26.5. The Bertz CT molecular complexity index is 813. The van der Waals surface area contributed by atoms with Gasteiger partial charge in [-0.15, -0.1) is 0 Å². The van der Waals surface area contributed by atoms with Gasteiger partial charge in [0.1, 0.15) is 0 Å². The van der Waals surface area contributed by atoms with E-state index < -0.39 is 0 Å². The minimum Gasteiger partial charge on any atom is -0.449 e. The number of aliphatic hydroxyl groups excluding tert-OH is 3. The Balaban J connectivity index is 1.24. The SMILES string of the molecule is CC[C@@H]1C2C[C@H](O)CC[C@]2(C)[C@H]2CCC3(C)[C@@H]([C@H](C)CCOC(=O)N4CCC(O)CC4)CC[C@H]3[C@@H]2[C@@H]1O. The summed E-state index contributed by atoms with van der Waals surface area (Å²) in [6.07, 6.45) is 9.96. The molecule has 4 aliphatic carbocycles. The molecule has 1 amide bonds. The molecule has 11 atom stereocenters. The van der Waals surface area contributed by atoms with E-state index in [1.165, 1.54) is 25.7 Å². The van der Waals surface area contributed by atoms with Crippen LogP contribution in [0.4, 0.5) is 4.79 Å². The normalized spacial score (nSPS) is 47.1. The molecule has 0 aromatic rings. The predicted octanol–water partition coefficient (Wildman–Crippen LogP) is 5.23. The van der Waals surface area contributed by atoms with Crippen LogP contribution in [0.1, 0.15) is 98.3 Å². The Hall–Kier alpha value is -0.850. The van der Waals surface area contributed by atoms with Crippen molar-refractivity contribution in [2.24, 2.45) is 52.3 Å². The van der Waals surface area contributed by atoms with Gasteiger partial charge in [0.25, 0.3) is 0 Å². The van der Waals surface area contributed by atoms with Crippen molar-refractivity contribution in [1.29, 1.82) is 0 Å². The Labute approximate surface area is 224 Å². The molecular formula is C31H53NO5. The first-order chi connectivity index (χ1) is 17.6. The highest BCUT2D eigenvalue weighted by Gasteiger charge is 2.64. The van der Waals surface area contributed by atoms with Crippen LogP contribution in [0.15, 0.2) is 0 Å². The highest BCUT2D eigenvalue weighted by molar-refractivity contribution is 5.67. The van der Waals surface area contributed by atoms with Crippen molar-refractivity contribution in [2.75, 3.05) is 19.7 Å². The summed E-state index contributed by atoms with van der Waals surface area (Å²) in [5, 5.41) is 32.1. The van der Waals surface area contributed by atoms with E-state index in [4.69, 9.17) is 4.74 Å². The van der Waals surface area contributed by atoms with E-state index in [1.807, 2.05) is 0 Å². The molecule has 1 heterocycles. The second kappa shape index (κ2) is 10.6. The number of nitrogens with zero attached hydrogens (tertiary/aromatic N) is 1. The largest absolute Gasteiger partial charge is 0.449 e. The molecule has 6 heteroatoms. The molecule has 0 bridgehead atoms. The molecule has 0 radical (unpaired) electrons. The van der Waals surface area contributed by atoms with E-state index in [0.717, 1.165) is 32.1 Å². The molecule has 0 spiro atoms. The molecule has 5 fully saturated rings. The molecule has 0 aromatic carbocycles. The van der Waals surface area contributed by atoms with E-state index in [9.17, 15) is 20.1 Å². The Morgan fingerprint density at radius 1 is 0.919 bits per heavy atom. The lowest BCUT2D eigenvalue weighted by Gasteiger charge is -2.64. The molecule has 1 saturated heterocycles. The quantitative estimate of drug-likeness (QED) is 0.463. The van der Waals surface area contributed by atoms with Gasteiger partial charge in [-0.25, -0.2) is 4.79 Å². The molecule has 3 N–H and O–H groups in total. The second-order valence-corrected chi connectivity index (χ2v) is 14.2. The van der Waals surface area contributed by atoms with Crippen LogP contribution in [0.3, 0.4) is 0 Å². The maximum Gasteiger partial charge on any atom is 0.409 e. The minimum absolute atomic E-state index is 0.197. The van der Waals surface area contributed by atoms with Gasteiger partial charge in [0, 0.05) is 13.1 Å². The summed E-state index contributed by atoms with van der Waals surface area (Å²) in [5.41, 5.74) is 0.484. The average Bonchev–Trinajstić information content (AvgIpc) is 3.23. The fraction of sp³-hybridized carbons (Fsp3) is 0.968. The van der Waals surface area contributed by atoms with Gasteiger partial charge in [-0.2, -0.15) is 0 Å². The summed E-state index contributed by atoms with van der Waals surface area (Å²) >= 11 is 0. The first-order valence-electron chi connectivity index (χ1n) is 15.6. The van der Waals surface area contributed by atoms with Gasteiger partial charge in [0.15, 0.2) is 0 Å². The summed E-state index contributed by atoms with van der Waals surface area (Å²) in [6.45, 7) is 11.2. The second-order valence-electron chi connectivity index (χ2n) is 14.2. The van der Waals surface area contributed by atoms with Crippen LogP contribution >= 0.6 is 0 Å². The predicted molar refractivity (Wildman–Crippen MR) is 144 cm³/mol. The van der Waals surface area contributed by atoms with E-state index in [2.05, 4.69) is 27.7 Å². The molecule has 2 unspecified atom stereocenters. The third-order valence-corrected chi connectivity index (χ3v) is 12.7. The number of carbonyl (C=O) groups excluding carboxylic acids is 1. The summed E-state index contributed by atoms with van der Waals surface area (Å²) in [6, 6.07) is 0. The van der Waals surface area contributed by atoms with E-state index in [-0.39, 0.29) is 35.2 Å². The van der Waals surface area contributed by atoms with Crippen molar-refractivity contribution >= 4 is 6.09 Å². The fourth-order valence-corrected chi connectivity index (χ4v) is 10.6. The zero-order valence-corrected chi connectivity index (χ0v) is 23.8. The summed E-state index contributed by atoms with van der Waals surface area (Å²) < 4.78 is 5.67. The van der Waals surface area contributed by atoms with Gasteiger partial charge in [0.05, 0.1) is 24.9 Å². The molecule has 6 nitrogen and oxygen atoms in total. The highest BCUT2D eigenvalue weighted by atomic mass is 16.6. The number of piperidine rings is 1. The number of amides is 1. The Kier molecular flexibility index (Phi) is 7.95. The third-order valence-electron chi connectivity index (χ3n) is 12.7. The van der Waals surface area contributed by atoms with Crippen LogP contribution in [-0.2, 0) is 4.74 Å². The van der Waals surface area contributed by atoms with Crippen molar-refractivity contribution in [2.45, 2.75) is 117 Å². The first kappa shape index (κ1) is 27.7. The molecule has 5 rings (SSSR count). The van der Waals surface area contributed by atoms with Crippen LogP contribution in [0, 0.1) is 52.3 Å². The minimum atomic E-state index is -0.288.